The minimum absolute atomic E-state index is 0.105. The van der Waals surface area contributed by atoms with Crippen molar-refractivity contribution in [2.45, 2.75) is 18.6 Å². The second kappa shape index (κ2) is 6.26. The summed E-state index contributed by atoms with van der Waals surface area (Å²) in [4.78, 5) is 28.8. The maximum atomic E-state index is 12.4. The van der Waals surface area contributed by atoms with Crippen LogP contribution in [0.4, 0.5) is 5.69 Å². The number of fused-ring (bicyclic) bond motifs is 1. The normalized spacial score (nSPS) is 16.3. The Hall–Kier alpha value is -2.59. The predicted molar refractivity (Wildman–Crippen MR) is 87.2 cm³/mol. The van der Waals surface area contributed by atoms with Crippen LogP contribution in [0.1, 0.15) is 11.1 Å². The Kier molecular flexibility index (Phi) is 4.17. The lowest BCUT2D eigenvalue weighted by Crippen LogP contribution is -2.37. The second-order valence-electron chi connectivity index (χ2n) is 5.33. The first-order valence-electron chi connectivity index (χ1n) is 7.09. The quantitative estimate of drug-likeness (QED) is 0.850. The first kappa shape index (κ1) is 15.3. The third-order valence-corrected chi connectivity index (χ3v) is 4.78. The second-order valence-corrected chi connectivity index (χ2v) is 6.32. The summed E-state index contributed by atoms with van der Waals surface area (Å²) in [5.41, 5.74) is 1.53. The first-order valence-corrected chi connectivity index (χ1v) is 8.07. The molecule has 6 nitrogen and oxygen atoms in total. The molecule has 1 aliphatic heterocycles. The van der Waals surface area contributed by atoms with Crippen molar-refractivity contribution in [3.63, 3.8) is 0 Å². The molecule has 0 aliphatic carbocycles. The molecule has 0 saturated carbocycles. The topological polar surface area (TPSA) is 87.8 Å². The maximum Gasteiger partial charge on any atom is 0.257 e. The molecule has 0 bridgehead atoms. The van der Waals surface area contributed by atoms with Crippen LogP contribution in [0.5, 0.6) is 0 Å². The number of nitrogens with one attached hydrogen (secondary N) is 1. The zero-order valence-corrected chi connectivity index (χ0v) is 13.3. The number of carbonyl (C=O) groups excluding carboxylic acids is 1. The molecule has 2 heterocycles. The van der Waals surface area contributed by atoms with Crippen molar-refractivity contribution in [2.75, 3.05) is 11.1 Å². The SMILES string of the molecule is Cc1cnc2n(c1=O)CC(C(=O)Nc1cccc(C#N)c1)CS2. The Bertz CT molecular complexity index is 869. The zero-order valence-electron chi connectivity index (χ0n) is 12.4. The minimum Gasteiger partial charge on any atom is -0.326 e. The van der Waals surface area contributed by atoms with Gasteiger partial charge in [0.1, 0.15) is 0 Å². The third-order valence-electron chi connectivity index (χ3n) is 3.63. The highest BCUT2D eigenvalue weighted by atomic mass is 32.2. The summed E-state index contributed by atoms with van der Waals surface area (Å²) >= 11 is 1.40. The van der Waals surface area contributed by atoms with Crippen LogP contribution in [0.3, 0.4) is 0 Å². The van der Waals surface area contributed by atoms with E-state index in [0.717, 1.165) is 0 Å². The molecule has 3 rings (SSSR count). The number of aromatic nitrogens is 2. The molecule has 2 aromatic rings. The maximum absolute atomic E-state index is 12.4. The van der Waals surface area contributed by atoms with E-state index in [1.807, 2.05) is 6.07 Å². The van der Waals surface area contributed by atoms with E-state index in [9.17, 15) is 9.59 Å². The highest BCUT2D eigenvalue weighted by molar-refractivity contribution is 7.99. The van der Waals surface area contributed by atoms with Crippen molar-refractivity contribution in [1.82, 2.24) is 9.55 Å². The van der Waals surface area contributed by atoms with Crippen molar-refractivity contribution in [2.24, 2.45) is 5.92 Å². The van der Waals surface area contributed by atoms with Gasteiger partial charge in [-0.3, -0.25) is 14.2 Å². The van der Waals surface area contributed by atoms with E-state index in [1.165, 1.54) is 11.8 Å². The predicted octanol–water partition coefficient (Wildman–Crippen LogP) is 1.78. The van der Waals surface area contributed by atoms with Gasteiger partial charge < -0.3 is 5.32 Å². The Morgan fingerprint density at radius 2 is 2.35 bits per heavy atom. The number of rotatable bonds is 2. The summed E-state index contributed by atoms with van der Waals surface area (Å²) < 4.78 is 1.56. The Balaban J connectivity index is 1.78. The molecular formula is C16H14N4O2S. The van der Waals surface area contributed by atoms with Crippen LogP contribution < -0.4 is 10.9 Å². The summed E-state index contributed by atoms with van der Waals surface area (Å²) in [6, 6.07) is 8.80. The van der Waals surface area contributed by atoms with Crippen LogP contribution in [0.25, 0.3) is 0 Å². The van der Waals surface area contributed by atoms with Crippen molar-refractivity contribution < 1.29 is 4.79 Å². The highest BCUT2D eigenvalue weighted by Crippen LogP contribution is 2.25. The molecule has 0 fully saturated rings. The average molecular weight is 326 g/mol. The Morgan fingerprint density at radius 1 is 1.52 bits per heavy atom. The van der Waals surface area contributed by atoms with Crippen molar-refractivity contribution in [3.8, 4) is 6.07 Å². The lowest BCUT2D eigenvalue weighted by Gasteiger charge is -2.24. The zero-order chi connectivity index (χ0) is 16.4. The van der Waals surface area contributed by atoms with Gasteiger partial charge in [0.25, 0.3) is 5.56 Å². The molecular weight excluding hydrogens is 312 g/mol. The monoisotopic (exact) mass is 326 g/mol. The smallest absolute Gasteiger partial charge is 0.257 e. The van der Waals surface area contributed by atoms with Gasteiger partial charge in [-0.1, -0.05) is 17.8 Å². The van der Waals surface area contributed by atoms with Gasteiger partial charge in [-0.2, -0.15) is 5.26 Å². The van der Waals surface area contributed by atoms with E-state index < -0.39 is 0 Å². The van der Waals surface area contributed by atoms with Gasteiger partial charge in [-0.05, 0) is 25.1 Å². The van der Waals surface area contributed by atoms with Crippen LogP contribution in [0, 0.1) is 24.2 Å². The fourth-order valence-corrected chi connectivity index (χ4v) is 3.42. The lowest BCUT2D eigenvalue weighted by molar-refractivity contribution is -0.119. The summed E-state index contributed by atoms with van der Waals surface area (Å²) in [6.07, 6.45) is 1.56. The van der Waals surface area contributed by atoms with Gasteiger partial charge in [-0.25, -0.2) is 4.98 Å². The Morgan fingerprint density at radius 3 is 3.13 bits per heavy atom. The molecule has 1 aromatic heterocycles. The van der Waals surface area contributed by atoms with Gasteiger partial charge in [0.2, 0.25) is 5.91 Å². The third kappa shape index (κ3) is 3.12. The lowest BCUT2D eigenvalue weighted by atomic mass is 10.1. The number of aryl methyl sites for hydroxylation is 1. The van der Waals surface area contributed by atoms with Crippen LogP contribution in [-0.2, 0) is 11.3 Å². The van der Waals surface area contributed by atoms with Crippen molar-refractivity contribution in [1.29, 1.82) is 5.26 Å². The molecule has 7 heteroatoms. The Labute approximate surface area is 137 Å². The van der Waals surface area contributed by atoms with Gasteiger partial charge in [-0.15, -0.1) is 0 Å². The van der Waals surface area contributed by atoms with Gasteiger partial charge in [0.05, 0.1) is 17.6 Å². The summed E-state index contributed by atoms with van der Waals surface area (Å²) in [7, 11) is 0. The molecule has 0 radical (unpaired) electrons. The average Bonchev–Trinajstić information content (AvgIpc) is 2.58. The number of carbonyl (C=O) groups is 1. The highest BCUT2D eigenvalue weighted by Gasteiger charge is 2.27. The number of hydrogen-bond acceptors (Lipinski definition) is 5. The first-order chi connectivity index (χ1) is 11.1. The van der Waals surface area contributed by atoms with Crippen LogP contribution in [0.2, 0.25) is 0 Å². The standard InChI is InChI=1S/C16H14N4O2S/c1-10-7-18-16-20(15(10)22)8-12(9-23-16)14(21)19-13-4-2-3-11(5-13)6-17/h2-5,7,12H,8-9H2,1H3,(H,19,21). The van der Waals surface area contributed by atoms with E-state index in [-0.39, 0.29) is 17.4 Å². The molecule has 1 amide bonds. The van der Waals surface area contributed by atoms with E-state index in [4.69, 9.17) is 5.26 Å². The number of nitriles is 1. The van der Waals surface area contributed by atoms with E-state index in [1.54, 1.807) is 42.0 Å². The largest absolute Gasteiger partial charge is 0.326 e. The number of benzene rings is 1. The number of anilines is 1. The molecule has 1 unspecified atom stereocenters. The van der Waals surface area contributed by atoms with E-state index in [2.05, 4.69) is 10.3 Å². The fourth-order valence-electron chi connectivity index (χ4n) is 2.37. The molecule has 1 aromatic carbocycles. The number of thioether (sulfide) groups is 1. The molecule has 0 spiro atoms. The number of nitrogens with zero attached hydrogens (tertiary/aromatic N) is 3. The molecule has 1 N–H and O–H groups in total. The summed E-state index contributed by atoms with van der Waals surface area (Å²) in [5, 5.41) is 12.4. The van der Waals surface area contributed by atoms with Crippen LogP contribution >= 0.6 is 11.8 Å². The summed E-state index contributed by atoms with van der Waals surface area (Å²) in [5.74, 6) is 0.0883. The van der Waals surface area contributed by atoms with Crippen LogP contribution in [-0.4, -0.2) is 21.2 Å². The van der Waals surface area contributed by atoms with Gasteiger partial charge >= 0.3 is 0 Å². The minimum atomic E-state index is -0.320. The van der Waals surface area contributed by atoms with Crippen molar-refractivity contribution >= 4 is 23.4 Å². The van der Waals surface area contributed by atoms with Gasteiger partial charge in [0.15, 0.2) is 5.16 Å². The van der Waals surface area contributed by atoms with E-state index in [0.29, 0.717) is 34.3 Å². The van der Waals surface area contributed by atoms with Gasteiger partial charge in [0, 0.05) is 29.7 Å². The molecule has 1 atom stereocenters. The number of hydrogen-bond donors (Lipinski definition) is 1. The summed E-state index contributed by atoms with van der Waals surface area (Å²) in [6.45, 7) is 2.03. The van der Waals surface area contributed by atoms with E-state index >= 15 is 0 Å². The molecule has 0 saturated heterocycles. The molecule has 116 valence electrons. The van der Waals surface area contributed by atoms with Crippen LogP contribution in [0.15, 0.2) is 40.4 Å². The molecule has 23 heavy (non-hydrogen) atoms. The number of amides is 1. The van der Waals surface area contributed by atoms with Crippen molar-refractivity contribution in [3.05, 3.63) is 51.9 Å². The molecule has 1 aliphatic rings. The fraction of sp³-hybridized carbons (Fsp3) is 0.250.